The molecule has 1 spiro atoms. The second kappa shape index (κ2) is 15.8. The van der Waals surface area contributed by atoms with Crippen molar-refractivity contribution in [3.05, 3.63) is 270 Å². The number of hydrogen-bond acceptors (Lipinski definition) is 3. The quantitative estimate of drug-likeness (QED) is 0.165. The Balaban J connectivity index is 1.02. The Bertz CT molecular complexity index is 3960. The molecule has 0 fully saturated rings. The summed E-state index contributed by atoms with van der Waals surface area (Å²) in [6.07, 6.45) is 0. The highest BCUT2D eigenvalue weighted by Gasteiger charge is 2.51. The Kier molecular flexibility index (Phi) is 9.14. The van der Waals surface area contributed by atoms with E-state index in [-0.39, 0.29) is 0 Å². The number of para-hydroxylation sites is 2. The molecule has 0 atom stereocenters. The van der Waals surface area contributed by atoms with Gasteiger partial charge in [0.1, 0.15) is 11.2 Å². The van der Waals surface area contributed by atoms with Gasteiger partial charge in [0.25, 0.3) is 0 Å². The van der Waals surface area contributed by atoms with Gasteiger partial charge in [-0.3, -0.25) is 0 Å². The van der Waals surface area contributed by atoms with E-state index in [2.05, 4.69) is 241 Å². The molecule has 324 valence electrons. The van der Waals surface area contributed by atoms with Crippen molar-refractivity contribution in [2.75, 3.05) is 4.90 Å². The SMILES string of the molecule is Clc1c(-c2cccc3c2Sc2ccc(N(c4ccccc4)c4cc(-c5ccc(-c6ccccc6)cc5)c5oc6ccccc6c5c4)cc2C32c3ccccc3-c3ccccc32)ccc2ccccc12. The minimum Gasteiger partial charge on any atom is -0.455 e. The molecule has 1 aromatic heterocycles. The number of rotatable bonds is 6. The minimum absolute atomic E-state index is 0.628. The van der Waals surface area contributed by atoms with Crippen molar-refractivity contribution in [1.82, 2.24) is 0 Å². The number of fused-ring (bicyclic) bond motifs is 13. The lowest BCUT2D eigenvalue weighted by Crippen LogP contribution is -2.32. The second-order valence-electron chi connectivity index (χ2n) is 18.0. The van der Waals surface area contributed by atoms with Crippen molar-refractivity contribution in [2.45, 2.75) is 15.2 Å². The molecule has 4 heteroatoms. The van der Waals surface area contributed by atoms with Gasteiger partial charge in [0.05, 0.1) is 10.4 Å². The molecule has 2 nitrogen and oxygen atoms in total. The molecular weight excluding hydrogens is 878 g/mol. The van der Waals surface area contributed by atoms with Crippen LogP contribution in [-0.2, 0) is 5.41 Å². The summed E-state index contributed by atoms with van der Waals surface area (Å²) in [5.41, 5.74) is 18.6. The predicted molar refractivity (Wildman–Crippen MR) is 289 cm³/mol. The lowest BCUT2D eigenvalue weighted by molar-refractivity contribution is 0.670. The van der Waals surface area contributed by atoms with Crippen LogP contribution in [0.3, 0.4) is 0 Å². The van der Waals surface area contributed by atoms with Crippen molar-refractivity contribution in [3.8, 4) is 44.5 Å². The van der Waals surface area contributed by atoms with Crippen molar-refractivity contribution >= 4 is 73.1 Å². The van der Waals surface area contributed by atoms with Gasteiger partial charge >= 0.3 is 0 Å². The Morgan fingerprint density at radius 2 is 1.00 bits per heavy atom. The topological polar surface area (TPSA) is 16.4 Å². The van der Waals surface area contributed by atoms with Crippen LogP contribution in [0, 0.1) is 0 Å². The van der Waals surface area contributed by atoms with Crippen LogP contribution in [-0.4, -0.2) is 0 Å². The standard InChI is InChI=1S/C65H40ClNOS/c66-62-48-21-8-7-18-43(48)34-36-52(62)53-25-15-28-58-64(53)69-61-37-35-46(40-59(61)65(58)56-26-12-9-22-49(56)50-23-10-13-27-57(50)65)67(45-19-5-2-6-20-45)47-38-54(63-55(39-47)51-24-11-14-29-60(51)68-63)44-32-30-42(31-33-44)41-16-3-1-4-17-41/h1-40H. The highest BCUT2D eigenvalue weighted by Crippen LogP contribution is 2.64. The number of benzene rings is 11. The van der Waals surface area contributed by atoms with Gasteiger partial charge in [0, 0.05) is 54.1 Å². The summed E-state index contributed by atoms with van der Waals surface area (Å²) < 4.78 is 6.78. The Morgan fingerprint density at radius 1 is 0.377 bits per heavy atom. The molecule has 0 unspecified atom stereocenters. The molecule has 0 amide bonds. The van der Waals surface area contributed by atoms with Crippen LogP contribution in [0.2, 0.25) is 5.02 Å². The fraction of sp³-hybridized carbons (Fsp3) is 0.0154. The number of furan rings is 1. The van der Waals surface area contributed by atoms with Crippen LogP contribution in [0.15, 0.2) is 257 Å². The first kappa shape index (κ1) is 40.0. The zero-order valence-corrected chi connectivity index (χ0v) is 38.8. The van der Waals surface area contributed by atoms with E-state index < -0.39 is 5.41 Å². The zero-order chi connectivity index (χ0) is 45.6. The Morgan fingerprint density at radius 3 is 1.78 bits per heavy atom. The summed E-state index contributed by atoms with van der Waals surface area (Å²) in [4.78, 5) is 4.86. The third-order valence-corrected chi connectivity index (χ3v) is 16.0. The maximum absolute atomic E-state index is 7.43. The van der Waals surface area contributed by atoms with Gasteiger partial charge < -0.3 is 9.32 Å². The first-order chi connectivity index (χ1) is 34.1. The Labute approximate surface area is 409 Å². The van der Waals surface area contributed by atoms with Gasteiger partial charge in [-0.15, -0.1) is 0 Å². The summed E-state index contributed by atoms with van der Waals surface area (Å²) in [6, 6.07) is 88.1. The summed E-state index contributed by atoms with van der Waals surface area (Å²) in [6.45, 7) is 0. The highest BCUT2D eigenvalue weighted by atomic mass is 35.5. The molecule has 1 aliphatic heterocycles. The number of anilines is 3. The molecule has 0 bridgehead atoms. The first-order valence-corrected chi connectivity index (χ1v) is 24.6. The van der Waals surface area contributed by atoms with E-state index in [1.54, 1.807) is 0 Å². The fourth-order valence-corrected chi connectivity index (χ4v) is 13.0. The van der Waals surface area contributed by atoms with E-state index in [1.165, 1.54) is 54.3 Å². The summed E-state index contributed by atoms with van der Waals surface area (Å²) in [7, 11) is 0. The van der Waals surface area contributed by atoms with Crippen LogP contribution in [0.5, 0.6) is 0 Å². The summed E-state index contributed by atoms with van der Waals surface area (Å²) in [5.74, 6) is 0. The van der Waals surface area contributed by atoms with Crippen LogP contribution < -0.4 is 4.90 Å². The zero-order valence-electron chi connectivity index (χ0n) is 37.2. The molecule has 0 saturated carbocycles. The molecule has 2 heterocycles. The van der Waals surface area contributed by atoms with Crippen molar-refractivity contribution in [2.24, 2.45) is 0 Å². The van der Waals surface area contributed by atoms with Crippen molar-refractivity contribution in [3.63, 3.8) is 0 Å². The van der Waals surface area contributed by atoms with Gasteiger partial charge in [0.2, 0.25) is 0 Å². The van der Waals surface area contributed by atoms with E-state index in [1.807, 2.05) is 17.8 Å². The van der Waals surface area contributed by atoms with Crippen molar-refractivity contribution < 1.29 is 4.42 Å². The lowest BCUT2D eigenvalue weighted by Gasteiger charge is -2.41. The van der Waals surface area contributed by atoms with Crippen LogP contribution in [0.4, 0.5) is 17.1 Å². The van der Waals surface area contributed by atoms with E-state index in [0.717, 1.165) is 77.0 Å². The lowest BCUT2D eigenvalue weighted by atomic mass is 9.67. The third-order valence-electron chi connectivity index (χ3n) is 14.4. The molecule has 0 saturated heterocycles. The highest BCUT2D eigenvalue weighted by molar-refractivity contribution is 7.99. The second-order valence-corrected chi connectivity index (χ2v) is 19.5. The molecule has 14 rings (SSSR count). The van der Waals surface area contributed by atoms with Gasteiger partial charge in [0.15, 0.2) is 0 Å². The predicted octanol–water partition coefficient (Wildman–Crippen LogP) is 18.7. The molecule has 12 aromatic rings. The molecular formula is C65H40ClNOS. The normalized spacial score (nSPS) is 13.1. The van der Waals surface area contributed by atoms with Crippen LogP contribution in [0.25, 0.3) is 77.2 Å². The van der Waals surface area contributed by atoms with E-state index in [0.29, 0.717) is 0 Å². The average molecular weight is 919 g/mol. The van der Waals surface area contributed by atoms with Crippen LogP contribution in [0.1, 0.15) is 22.3 Å². The van der Waals surface area contributed by atoms with Crippen molar-refractivity contribution in [1.29, 1.82) is 0 Å². The van der Waals surface area contributed by atoms with Crippen LogP contribution >= 0.6 is 23.4 Å². The van der Waals surface area contributed by atoms with Gasteiger partial charge in [-0.2, -0.15) is 0 Å². The smallest absolute Gasteiger partial charge is 0.143 e. The molecule has 1 aliphatic carbocycles. The molecule has 11 aromatic carbocycles. The molecule has 69 heavy (non-hydrogen) atoms. The fourth-order valence-electron chi connectivity index (χ4n) is 11.4. The van der Waals surface area contributed by atoms with Gasteiger partial charge in [-0.05, 0) is 110 Å². The summed E-state index contributed by atoms with van der Waals surface area (Å²) >= 11 is 9.28. The van der Waals surface area contributed by atoms with Gasteiger partial charge in [-0.25, -0.2) is 0 Å². The monoisotopic (exact) mass is 917 g/mol. The summed E-state index contributed by atoms with van der Waals surface area (Å²) in [5, 5.41) is 5.12. The van der Waals surface area contributed by atoms with E-state index in [4.69, 9.17) is 16.0 Å². The molecule has 0 N–H and O–H groups in total. The maximum Gasteiger partial charge on any atom is 0.143 e. The number of hydrogen-bond donors (Lipinski definition) is 0. The molecule has 2 aliphatic rings. The number of halogens is 1. The third kappa shape index (κ3) is 6.07. The Hall–Kier alpha value is -8.08. The minimum atomic E-state index is -0.628. The first-order valence-electron chi connectivity index (χ1n) is 23.4. The van der Waals surface area contributed by atoms with E-state index in [9.17, 15) is 0 Å². The largest absolute Gasteiger partial charge is 0.455 e. The average Bonchev–Trinajstić information content (AvgIpc) is 3.93. The molecule has 0 radical (unpaired) electrons. The van der Waals surface area contributed by atoms with Gasteiger partial charge in [-0.1, -0.05) is 217 Å². The number of nitrogens with zero attached hydrogens (tertiary/aromatic N) is 1. The van der Waals surface area contributed by atoms with E-state index >= 15 is 0 Å². The maximum atomic E-state index is 7.43.